The maximum atomic E-state index is 12.8. The second kappa shape index (κ2) is 11.7. The number of carbonyl (C=O) groups is 1. The van der Waals surface area contributed by atoms with Crippen LogP contribution in [-0.4, -0.2) is 23.9 Å². The first-order valence-corrected chi connectivity index (χ1v) is 10.5. The van der Waals surface area contributed by atoms with Crippen LogP contribution in [0.4, 0.5) is 26.3 Å². The third kappa shape index (κ3) is 8.44. The number of benzene rings is 3. The highest BCUT2D eigenvalue weighted by molar-refractivity contribution is 5.83. The van der Waals surface area contributed by atoms with E-state index in [0.29, 0.717) is 16.7 Å². The van der Waals surface area contributed by atoms with E-state index < -0.39 is 36.1 Å². The molecule has 0 fully saturated rings. The van der Waals surface area contributed by atoms with Crippen molar-refractivity contribution in [2.24, 2.45) is 5.16 Å². The highest BCUT2D eigenvalue weighted by Crippen LogP contribution is 2.31. The number of carboxylic acid groups (broad SMARTS) is 1. The summed E-state index contributed by atoms with van der Waals surface area (Å²) in [5, 5.41) is 12.2. The fraction of sp³-hybridized carbons (Fsp3) is 0.200. The molecule has 0 aromatic heterocycles. The van der Waals surface area contributed by atoms with Crippen LogP contribution in [0.5, 0.6) is 11.5 Å². The minimum absolute atomic E-state index is 0.0500. The fourth-order valence-corrected chi connectivity index (χ4v) is 2.93. The predicted molar refractivity (Wildman–Crippen MR) is 119 cm³/mol. The first-order chi connectivity index (χ1) is 17.4. The maximum Gasteiger partial charge on any atom is 0.416 e. The molecule has 0 spiro atoms. The minimum Gasteiger partial charge on any atom is -0.489 e. The van der Waals surface area contributed by atoms with E-state index in [4.69, 9.17) is 14.6 Å². The lowest BCUT2D eigenvalue weighted by Gasteiger charge is -2.13. The summed E-state index contributed by atoms with van der Waals surface area (Å²) in [6, 6.07) is 13.3. The lowest BCUT2D eigenvalue weighted by atomic mass is 10.1. The van der Waals surface area contributed by atoms with E-state index in [1.165, 1.54) is 48.7 Å². The van der Waals surface area contributed by atoms with Crippen LogP contribution in [0.25, 0.3) is 0 Å². The largest absolute Gasteiger partial charge is 0.489 e. The molecular weight excluding hydrogens is 508 g/mol. The molecule has 0 radical (unpaired) electrons. The summed E-state index contributed by atoms with van der Waals surface area (Å²) in [6.45, 7) is -0.838. The van der Waals surface area contributed by atoms with Gasteiger partial charge in [-0.2, -0.15) is 26.3 Å². The zero-order valence-corrected chi connectivity index (χ0v) is 18.8. The molecule has 3 aromatic rings. The van der Waals surface area contributed by atoms with Crippen LogP contribution in [-0.2, 0) is 35.2 Å². The van der Waals surface area contributed by atoms with Crippen molar-refractivity contribution >= 4 is 12.2 Å². The Kier molecular flexibility index (Phi) is 8.64. The van der Waals surface area contributed by atoms with Gasteiger partial charge in [0, 0.05) is 11.6 Å². The molecule has 6 nitrogen and oxygen atoms in total. The number of oxime groups is 1. The van der Waals surface area contributed by atoms with Crippen LogP contribution in [0, 0.1) is 0 Å². The van der Waals surface area contributed by atoms with E-state index in [-0.39, 0.29) is 24.7 Å². The fourth-order valence-electron chi connectivity index (χ4n) is 2.93. The summed E-state index contributed by atoms with van der Waals surface area (Å²) in [5.41, 5.74) is -0.330. The predicted octanol–water partition coefficient (Wildman–Crippen LogP) is 6.32. The number of aliphatic carboxylic acids is 1. The third-order valence-corrected chi connectivity index (χ3v) is 4.80. The number of ether oxygens (including phenoxy) is 2. The number of rotatable bonds is 10. The number of hydrogen-bond donors (Lipinski definition) is 1. The number of hydrogen-bond acceptors (Lipinski definition) is 5. The van der Waals surface area contributed by atoms with Gasteiger partial charge in [0.25, 0.3) is 0 Å². The average Bonchev–Trinajstić information content (AvgIpc) is 2.84. The molecule has 0 amide bonds. The van der Waals surface area contributed by atoms with Crippen LogP contribution in [0.3, 0.4) is 0 Å². The van der Waals surface area contributed by atoms with Gasteiger partial charge in [-0.25, -0.2) is 4.79 Å². The van der Waals surface area contributed by atoms with Gasteiger partial charge in [-0.1, -0.05) is 29.4 Å². The molecule has 0 aliphatic heterocycles. The Bertz CT molecular complexity index is 1220. The van der Waals surface area contributed by atoms with Gasteiger partial charge in [-0.05, 0) is 47.5 Å². The van der Waals surface area contributed by atoms with Gasteiger partial charge in [0.05, 0.1) is 17.3 Å². The molecule has 0 aliphatic rings. The molecular formula is C25H19F6NO5. The van der Waals surface area contributed by atoms with Gasteiger partial charge >= 0.3 is 18.3 Å². The average molecular weight is 527 g/mol. The smallest absolute Gasteiger partial charge is 0.416 e. The van der Waals surface area contributed by atoms with Crippen LogP contribution in [0.1, 0.15) is 27.8 Å². The second-order valence-electron chi connectivity index (χ2n) is 7.57. The summed E-state index contributed by atoms with van der Waals surface area (Å²) in [6.07, 6.45) is -7.74. The highest BCUT2D eigenvalue weighted by atomic mass is 19.4. The summed E-state index contributed by atoms with van der Waals surface area (Å²) in [5.74, 6) is -0.763. The van der Waals surface area contributed by atoms with Gasteiger partial charge in [-0.3, -0.25) is 0 Å². The van der Waals surface area contributed by atoms with Crippen molar-refractivity contribution in [2.75, 3.05) is 6.61 Å². The topological polar surface area (TPSA) is 77.4 Å². The first kappa shape index (κ1) is 27.4. The number of carboxylic acids is 1. The number of halogens is 6. The molecule has 0 heterocycles. The van der Waals surface area contributed by atoms with Crippen molar-refractivity contribution in [3.8, 4) is 11.5 Å². The van der Waals surface area contributed by atoms with Crippen LogP contribution < -0.4 is 9.47 Å². The standard InChI is InChI=1S/C25H19F6NO5/c26-24(27,28)19-6-1-16(2-7-19)13-35-21-10-5-18(12-32-37-15-23(33)34)22(11-21)36-14-17-3-8-20(9-4-17)25(29,30)31/h1-12H,13-15H2,(H,33,34)/b32-12+. The van der Waals surface area contributed by atoms with E-state index in [9.17, 15) is 31.1 Å². The molecule has 3 aromatic carbocycles. The van der Waals surface area contributed by atoms with Crippen molar-refractivity contribution in [2.45, 2.75) is 25.6 Å². The zero-order valence-electron chi connectivity index (χ0n) is 18.8. The van der Waals surface area contributed by atoms with Gasteiger partial charge in [0.2, 0.25) is 6.61 Å². The van der Waals surface area contributed by atoms with Crippen LogP contribution in [0.2, 0.25) is 0 Å². The SMILES string of the molecule is O=C(O)CO/N=C/c1ccc(OCc2ccc(C(F)(F)F)cc2)cc1OCc1ccc(C(F)(F)F)cc1. The summed E-state index contributed by atoms with van der Waals surface area (Å²) in [7, 11) is 0. The Hall–Kier alpha value is -4.22. The molecule has 1 N–H and O–H groups in total. The molecule has 0 saturated carbocycles. The molecule has 196 valence electrons. The van der Waals surface area contributed by atoms with E-state index in [1.807, 2.05) is 0 Å². The lowest BCUT2D eigenvalue weighted by Crippen LogP contribution is -2.06. The normalized spacial score (nSPS) is 11.9. The maximum absolute atomic E-state index is 12.8. The zero-order chi connectivity index (χ0) is 27.1. The summed E-state index contributed by atoms with van der Waals surface area (Å²) < 4.78 is 87.9. The van der Waals surface area contributed by atoms with Crippen LogP contribution in [0.15, 0.2) is 71.9 Å². The molecule has 12 heteroatoms. The molecule has 0 bridgehead atoms. The Morgan fingerprint density at radius 1 is 0.784 bits per heavy atom. The molecule has 0 unspecified atom stereocenters. The highest BCUT2D eigenvalue weighted by Gasteiger charge is 2.30. The van der Waals surface area contributed by atoms with E-state index in [1.54, 1.807) is 0 Å². The molecule has 37 heavy (non-hydrogen) atoms. The van der Waals surface area contributed by atoms with Gasteiger partial charge < -0.3 is 19.4 Å². The van der Waals surface area contributed by atoms with E-state index >= 15 is 0 Å². The van der Waals surface area contributed by atoms with Crippen molar-refractivity contribution in [3.05, 3.63) is 94.5 Å². The third-order valence-electron chi connectivity index (χ3n) is 4.80. The molecule has 0 atom stereocenters. The molecule has 0 aliphatic carbocycles. The van der Waals surface area contributed by atoms with Crippen molar-refractivity contribution < 1.29 is 50.6 Å². The summed E-state index contributed by atoms with van der Waals surface area (Å²) >= 11 is 0. The van der Waals surface area contributed by atoms with E-state index in [0.717, 1.165) is 24.3 Å². The number of alkyl halides is 6. The number of nitrogens with zero attached hydrogens (tertiary/aromatic N) is 1. The van der Waals surface area contributed by atoms with Gasteiger partial charge in [-0.15, -0.1) is 0 Å². The van der Waals surface area contributed by atoms with Gasteiger partial charge in [0.1, 0.15) is 24.7 Å². The van der Waals surface area contributed by atoms with E-state index in [2.05, 4.69) is 9.99 Å². The van der Waals surface area contributed by atoms with Crippen molar-refractivity contribution in [1.82, 2.24) is 0 Å². The monoisotopic (exact) mass is 527 g/mol. The Morgan fingerprint density at radius 2 is 1.30 bits per heavy atom. The summed E-state index contributed by atoms with van der Waals surface area (Å²) in [4.78, 5) is 15.2. The Morgan fingerprint density at radius 3 is 1.78 bits per heavy atom. The molecule has 0 saturated heterocycles. The Labute approximate surface area is 206 Å². The second-order valence-corrected chi connectivity index (χ2v) is 7.57. The quantitative estimate of drug-likeness (QED) is 0.190. The van der Waals surface area contributed by atoms with Crippen molar-refractivity contribution in [3.63, 3.8) is 0 Å². The lowest BCUT2D eigenvalue weighted by molar-refractivity contribution is -0.142. The minimum atomic E-state index is -4.47. The van der Waals surface area contributed by atoms with Gasteiger partial charge in [0.15, 0.2) is 0 Å². The van der Waals surface area contributed by atoms with Crippen LogP contribution >= 0.6 is 0 Å². The Balaban J connectivity index is 1.73. The molecule has 3 rings (SSSR count). The first-order valence-electron chi connectivity index (χ1n) is 10.5. The van der Waals surface area contributed by atoms with Crippen molar-refractivity contribution in [1.29, 1.82) is 0 Å².